The molecule has 2 aromatic heterocycles. The van der Waals surface area contributed by atoms with Gasteiger partial charge >= 0.3 is 5.97 Å². The maximum Gasteiger partial charge on any atom is 0.355 e. The van der Waals surface area contributed by atoms with Gasteiger partial charge in [-0.15, -0.1) is 16.5 Å². The standard InChI is InChI=1S/C30H24F2N4O4S2/c1-40-20-4-2-3-17(11-20)22-13-19(8-10-24(22)31)27-23(12-18-7-9-21(42(33)39)14-25(18)32)28(16-5-6-16)36(35-27)30-34-26(15-41-30)29(37)38/h2-4,7-11,13-16H,5-6,12H2,1H3,(H2,33,39)(H,37,38)/p+1. The molecule has 214 valence electrons. The highest BCUT2D eigenvalue weighted by molar-refractivity contribution is 7.82. The van der Waals surface area contributed by atoms with E-state index in [0.29, 0.717) is 38.8 Å². The van der Waals surface area contributed by atoms with E-state index >= 15 is 8.78 Å². The van der Waals surface area contributed by atoms with Crippen LogP contribution in [0.3, 0.4) is 0 Å². The molecule has 3 N–H and O–H groups in total. The molecule has 1 aliphatic carbocycles. The Morgan fingerprint density at radius 1 is 1.12 bits per heavy atom. The van der Waals surface area contributed by atoms with Crippen LogP contribution in [0.2, 0.25) is 0 Å². The SMILES string of the molecule is COc1cccc(-c2cc(-c3nn(-c4nc(C(=O)O)cs4)c(C4CC4)c3Cc3ccc([SH+](N)=O)cc3F)ccc2F)c1. The molecule has 42 heavy (non-hydrogen) atoms. The van der Waals surface area contributed by atoms with Crippen LogP contribution in [0.1, 0.15) is 46.1 Å². The molecule has 1 aliphatic rings. The quantitative estimate of drug-likeness (QED) is 0.156. The van der Waals surface area contributed by atoms with E-state index < -0.39 is 28.6 Å². The van der Waals surface area contributed by atoms with Crippen molar-refractivity contribution >= 4 is 28.3 Å². The van der Waals surface area contributed by atoms with E-state index in [-0.39, 0.29) is 22.9 Å². The summed E-state index contributed by atoms with van der Waals surface area (Å²) in [6.07, 6.45) is 1.89. The lowest BCUT2D eigenvalue weighted by molar-refractivity contribution is 0.0691. The third-order valence-corrected chi connectivity index (χ3v) is 8.76. The van der Waals surface area contributed by atoms with Crippen LogP contribution in [0.4, 0.5) is 8.78 Å². The number of rotatable bonds is 9. The van der Waals surface area contributed by atoms with E-state index in [1.165, 1.54) is 30.7 Å². The molecule has 5 aromatic rings. The lowest BCUT2D eigenvalue weighted by Crippen LogP contribution is -2.05. The van der Waals surface area contributed by atoms with Crippen molar-refractivity contribution in [2.24, 2.45) is 5.14 Å². The fraction of sp³-hybridized carbons (Fsp3) is 0.167. The lowest BCUT2D eigenvalue weighted by Gasteiger charge is -2.11. The maximum absolute atomic E-state index is 15.3. The van der Waals surface area contributed by atoms with Gasteiger partial charge in [-0.05, 0) is 60.4 Å². The normalized spacial score (nSPS) is 13.7. The van der Waals surface area contributed by atoms with Gasteiger partial charge in [0, 0.05) is 40.5 Å². The Hall–Kier alpha value is -4.26. The molecule has 0 radical (unpaired) electrons. The number of ether oxygens (including phenoxy) is 1. The fourth-order valence-corrected chi connectivity index (χ4v) is 6.17. The number of thiol groups is 1. The minimum atomic E-state index is -2.20. The molecule has 1 unspecified atom stereocenters. The van der Waals surface area contributed by atoms with Crippen LogP contribution in [-0.2, 0) is 21.6 Å². The first kappa shape index (κ1) is 27.9. The molecule has 12 heteroatoms. The van der Waals surface area contributed by atoms with E-state index in [0.717, 1.165) is 35.4 Å². The summed E-state index contributed by atoms with van der Waals surface area (Å²) < 4.78 is 49.1. The number of carboxylic acid groups (broad SMARTS) is 1. The Balaban J connectivity index is 1.55. The van der Waals surface area contributed by atoms with Crippen molar-refractivity contribution in [1.29, 1.82) is 0 Å². The number of hydrogen-bond acceptors (Lipinski definition) is 6. The van der Waals surface area contributed by atoms with Crippen LogP contribution in [0.25, 0.3) is 27.5 Å². The van der Waals surface area contributed by atoms with E-state index in [1.54, 1.807) is 47.1 Å². The van der Waals surface area contributed by atoms with Crippen LogP contribution in [0, 0.1) is 11.6 Å². The molecular formula is C30H25F2N4O4S2+. The number of thiazole rings is 1. The smallest absolute Gasteiger partial charge is 0.355 e. The Morgan fingerprint density at radius 2 is 1.93 bits per heavy atom. The first-order chi connectivity index (χ1) is 20.2. The van der Waals surface area contributed by atoms with Crippen molar-refractivity contribution in [2.45, 2.75) is 30.1 Å². The molecule has 8 nitrogen and oxygen atoms in total. The van der Waals surface area contributed by atoms with Crippen LogP contribution < -0.4 is 9.88 Å². The average Bonchev–Trinajstić information content (AvgIpc) is 3.56. The fourth-order valence-electron chi connectivity index (χ4n) is 4.94. The predicted molar refractivity (Wildman–Crippen MR) is 157 cm³/mol. The highest BCUT2D eigenvalue weighted by atomic mass is 32.2. The number of methoxy groups -OCH3 is 1. The molecule has 0 aliphatic heterocycles. The zero-order chi connectivity index (χ0) is 29.5. The minimum absolute atomic E-state index is 0.102. The number of carboxylic acids is 1. The third-order valence-electron chi connectivity index (χ3n) is 7.16. The van der Waals surface area contributed by atoms with Gasteiger partial charge in [-0.2, -0.15) is 5.10 Å². The number of carbonyl (C=O) groups is 1. The van der Waals surface area contributed by atoms with E-state index in [4.69, 9.17) is 15.0 Å². The summed E-state index contributed by atoms with van der Waals surface area (Å²) in [4.78, 5) is 16.1. The highest BCUT2D eigenvalue weighted by Gasteiger charge is 2.34. The van der Waals surface area contributed by atoms with Gasteiger partial charge in [0.1, 0.15) is 17.4 Å². The third kappa shape index (κ3) is 5.36. The Morgan fingerprint density at radius 3 is 2.60 bits per heavy atom. The summed E-state index contributed by atoms with van der Waals surface area (Å²) in [7, 11) is -0.662. The van der Waals surface area contributed by atoms with Crippen molar-refractivity contribution in [3.63, 3.8) is 0 Å². The molecule has 0 amide bonds. The Labute approximate surface area is 246 Å². The van der Waals surface area contributed by atoms with E-state index in [9.17, 15) is 14.1 Å². The van der Waals surface area contributed by atoms with Crippen molar-refractivity contribution in [3.05, 3.63) is 100 Å². The summed E-state index contributed by atoms with van der Waals surface area (Å²) in [6.45, 7) is 0. The number of benzene rings is 3. The predicted octanol–water partition coefficient (Wildman–Crippen LogP) is 6.04. The minimum Gasteiger partial charge on any atom is -0.497 e. The number of halogens is 2. The van der Waals surface area contributed by atoms with Crippen LogP contribution >= 0.6 is 11.3 Å². The number of aromatic carboxylic acids is 1. The molecule has 2 heterocycles. The summed E-state index contributed by atoms with van der Waals surface area (Å²) in [6, 6.07) is 16.0. The van der Waals surface area contributed by atoms with Gasteiger partial charge in [0.15, 0.2) is 21.6 Å². The van der Waals surface area contributed by atoms with Gasteiger partial charge in [0.05, 0.1) is 18.5 Å². The Kier molecular flexibility index (Phi) is 7.43. The van der Waals surface area contributed by atoms with Crippen LogP contribution in [0.5, 0.6) is 5.75 Å². The molecule has 0 saturated heterocycles. The second kappa shape index (κ2) is 11.2. The topological polar surface area (TPSA) is 120 Å². The maximum atomic E-state index is 15.3. The molecule has 1 saturated carbocycles. The summed E-state index contributed by atoms with van der Waals surface area (Å²) in [5.41, 5.74) is 3.82. The summed E-state index contributed by atoms with van der Waals surface area (Å²) in [5, 5.41) is 21.6. The molecule has 1 fully saturated rings. The summed E-state index contributed by atoms with van der Waals surface area (Å²) >= 11 is 1.14. The van der Waals surface area contributed by atoms with Crippen molar-refractivity contribution < 1.29 is 27.6 Å². The van der Waals surface area contributed by atoms with Gasteiger partial charge in [-0.25, -0.2) is 23.2 Å². The molecule has 6 rings (SSSR count). The second-order valence-electron chi connectivity index (χ2n) is 9.92. The molecular weight excluding hydrogens is 582 g/mol. The number of nitrogens with two attached hydrogens (primary N) is 1. The largest absolute Gasteiger partial charge is 0.497 e. The van der Waals surface area contributed by atoms with Crippen LogP contribution in [-0.4, -0.2) is 33.0 Å². The first-order valence-corrected chi connectivity index (χ1v) is 15.2. The number of nitrogens with zero attached hydrogens (tertiary/aromatic N) is 3. The molecule has 0 spiro atoms. The van der Waals surface area contributed by atoms with Crippen LogP contribution in [0.15, 0.2) is 70.9 Å². The lowest BCUT2D eigenvalue weighted by atomic mass is 9.95. The van der Waals surface area contributed by atoms with Gasteiger partial charge in [-0.3, -0.25) is 0 Å². The summed E-state index contributed by atoms with van der Waals surface area (Å²) in [5.74, 6) is -1.45. The zero-order valence-electron chi connectivity index (χ0n) is 22.3. The van der Waals surface area contributed by atoms with Gasteiger partial charge in [0.2, 0.25) is 5.13 Å². The first-order valence-electron chi connectivity index (χ1n) is 13.0. The van der Waals surface area contributed by atoms with Gasteiger partial charge in [0.25, 0.3) is 0 Å². The second-order valence-corrected chi connectivity index (χ2v) is 11.9. The average molecular weight is 608 g/mol. The molecule has 1 atom stereocenters. The van der Waals surface area contributed by atoms with Gasteiger partial charge in [-0.1, -0.05) is 22.4 Å². The van der Waals surface area contributed by atoms with Crippen molar-refractivity contribution in [3.8, 4) is 33.3 Å². The van der Waals surface area contributed by atoms with Crippen molar-refractivity contribution in [2.75, 3.05) is 7.11 Å². The zero-order valence-corrected chi connectivity index (χ0v) is 24.0. The number of hydrogen-bond donors (Lipinski definition) is 2. The molecule has 0 bridgehead atoms. The Bertz CT molecular complexity index is 1870. The highest BCUT2D eigenvalue weighted by Crippen LogP contribution is 2.46. The van der Waals surface area contributed by atoms with E-state index in [2.05, 4.69) is 4.98 Å². The molecule has 3 aromatic carbocycles. The van der Waals surface area contributed by atoms with Crippen molar-refractivity contribution in [1.82, 2.24) is 14.8 Å². The number of aromatic nitrogens is 3. The van der Waals surface area contributed by atoms with Gasteiger partial charge < -0.3 is 9.84 Å². The van der Waals surface area contributed by atoms with E-state index in [1.807, 2.05) is 0 Å². The monoisotopic (exact) mass is 607 g/mol.